The molecular weight excluding hydrogens is 324 g/mol. The van der Waals surface area contributed by atoms with E-state index >= 15 is 0 Å². The van der Waals surface area contributed by atoms with Gasteiger partial charge in [0, 0.05) is 15.6 Å². The van der Waals surface area contributed by atoms with Gasteiger partial charge in [-0.25, -0.2) is 0 Å². The van der Waals surface area contributed by atoms with Crippen LogP contribution in [0.25, 0.3) is 11.1 Å². The lowest BCUT2D eigenvalue weighted by molar-refractivity contribution is 0.103. The molecule has 21 heavy (non-hydrogen) atoms. The van der Waals surface area contributed by atoms with Crippen LogP contribution in [0.15, 0.2) is 83.3 Å². The second-order valence-corrected chi connectivity index (χ2v) is 5.67. The Morgan fingerprint density at radius 2 is 1.38 bits per heavy atom. The van der Waals surface area contributed by atoms with Gasteiger partial charge in [-0.1, -0.05) is 76.6 Å². The largest absolute Gasteiger partial charge is 0.289 e. The van der Waals surface area contributed by atoms with Crippen molar-refractivity contribution >= 4 is 21.7 Å². The molecule has 0 unspecified atom stereocenters. The van der Waals surface area contributed by atoms with E-state index in [0.29, 0.717) is 5.56 Å². The molecule has 3 aromatic rings. The lowest BCUT2D eigenvalue weighted by Gasteiger charge is -2.10. The Hall–Kier alpha value is -2.19. The van der Waals surface area contributed by atoms with Crippen LogP contribution in [0.4, 0.5) is 0 Å². The minimum Gasteiger partial charge on any atom is -0.289 e. The van der Waals surface area contributed by atoms with Crippen molar-refractivity contribution in [3.63, 3.8) is 0 Å². The van der Waals surface area contributed by atoms with Crippen LogP contribution in [0.1, 0.15) is 15.9 Å². The predicted octanol–water partition coefficient (Wildman–Crippen LogP) is 5.35. The Morgan fingerprint density at radius 1 is 0.762 bits per heavy atom. The lowest BCUT2D eigenvalue weighted by Crippen LogP contribution is -2.03. The molecule has 0 bridgehead atoms. The molecule has 0 spiro atoms. The van der Waals surface area contributed by atoms with Gasteiger partial charge in [-0.05, 0) is 29.3 Å². The summed E-state index contributed by atoms with van der Waals surface area (Å²) in [6, 6.07) is 25.1. The molecule has 0 aliphatic heterocycles. The molecule has 0 saturated heterocycles. The van der Waals surface area contributed by atoms with Gasteiger partial charge in [-0.3, -0.25) is 4.79 Å². The average Bonchev–Trinajstić information content (AvgIpc) is 2.56. The van der Waals surface area contributed by atoms with Gasteiger partial charge in [-0.15, -0.1) is 0 Å². The van der Waals surface area contributed by atoms with Crippen molar-refractivity contribution in [3.8, 4) is 11.1 Å². The van der Waals surface area contributed by atoms with E-state index in [0.717, 1.165) is 21.2 Å². The quantitative estimate of drug-likeness (QED) is 0.589. The number of halogens is 1. The summed E-state index contributed by atoms with van der Waals surface area (Å²) in [6.07, 6.45) is 0. The van der Waals surface area contributed by atoms with Crippen LogP contribution in [-0.4, -0.2) is 5.78 Å². The van der Waals surface area contributed by atoms with Gasteiger partial charge in [0.25, 0.3) is 0 Å². The molecule has 0 aliphatic carbocycles. The predicted molar refractivity (Wildman–Crippen MR) is 89.5 cm³/mol. The fourth-order valence-corrected chi connectivity index (χ4v) is 2.68. The number of carbonyl (C=O) groups excluding carboxylic acids is 1. The Morgan fingerprint density at radius 3 is 2.05 bits per heavy atom. The van der Waals surface area contributed by atoms with Gasteiger partial charge in [-0.2, -0.15) is 0 Å². The summed E-state index contributed by atoms with van der Waals surface area (Å²) < 4.78 is 0.964. The summed E-state index contributed by atoms with van der Waals surface area (Å²) in [5.41, 5.74) is 3.41. The Labute approximate surface area is 132 Å². The molecule has 1 nitrogen and oxygen atoms in total. The van der Waals surface area contributed by atoms with Crippen molar-refractivity contribution < 1.29 is 4.79 Å². The molecule has 3 rings (SSSR count). The van der Waals surface area contributed by atoms with Crippen molar-refractivity contribution in [1.29, 1.82) is 0 Å². The van der Waals surface area contributed by atoms with Gasteiger partial charge in [0.2, 0.25) is 0 Å². The highest BCUT2D eigenvalue weighted by Gasteiger charge is 2.14. The Balaban J connectivity index is 2.14. The minimum absolute atomic E-state index is 0.0435. The second kappa shape index (κ2) is 6.06. The van der Waals surface area contributed by atoms with Crippen molar-refractivity contribution in [2.24, 2.45) is 0 Å². The molecule has 0 amide bonds. The summed E-state index contributed by atoms with van der Waals surface area (Å²) in [4.78, 5) is 12.7. The second-order valence-electron chi connectivity index (χ2n) is 4.75. The van der Waals surface area contributed by atoms with Gasteiger partial charge < -0.3 is 0 Å². The van der Waals surface area contributed by atoms with E-state index < -0.39 is 0 Å². The van der Waals surface area contributed by atoms with Crippen LogP contribution < -0.4 is 0 Å². The molecule has 0 atom stereocenters. The summed E-state index contributed by atoms with van der Waals surface area (Å²) in [5, 5.41) is 0. The monoisotopic (exact) mass is 336 g/mol. The Kier molecular flexibility index (Phi) is 3.98. The van der Waals surface area contributed by atoms with Crippen molar-refractivity contribution in [2.45, 2.75) is 0 Å². The normalized spacial score (nSPS) is 10.3. The summed E-state index contributed by atoms with van der Waals surface area (Å²) in [7, 11) is 0. The van der Waals surface area contributed by atoms with Gasteiger partial charge in [0.05, 0.1) is 0 Å². The number of hydrogen-bond donors (Lipinski definition) is 0. The first-order chi connectivity index (χ1) is 10.3. The van der Waals surface area contributed by atoms with Crippen LogP contribution >= 0.6 is 15.9 Å². The third kappa shape index (κ3) is 2.96. The minimum atomic E-state index is 0.0435. The number of benzene rings is 3. The zero-order valence-corrected chi connectivity index (χ0v) is 12.9. The fourth-order valence-electron chi connectivity index (χ4n) is 2.32. The summed E-state index contributed by atoms with van der Waals surface area (Å²) >= 11 is 3.49. The van der Waals surface area contributed by atoms with E-state index in [1.807, 2.05) is 78.9 Å². The van der Waals surface area contributed by atoms with Crippen molar-refractivity contribution in [3.05, 3.63) is 94.5 Å². The smallest absolute Gasteiger partial charge is 0.193 e. The first-order valence-electron chi connectivity index (χ1n) is 6.70. The summed E-state index contributed by atoms with van der Waals surface area (Å²) in [5.74, 6) is 0.0435. The molecule has 3 aromatic carbocycles. The summed E-state index contributed by atoms with van der Waals surface area (Å²) in [6.45, 7) is 0. The highest BCUT2D eigenvalue weighted by molar-refractivity contribution is 9.10. The maximum atomic E-state index is 12.7. The van der Waals surface area contributed by atoms with E-state index in [9.17, 15) is 4.79 Å². The van der Waals surface area contributed by atoms with E-state index in [-0.39, 0.29) is 5.78 Å². The molecule has 102 valence electrons. The number of carbonyl (C=O) groups is 1. The molecule has 0 saturated carbocycles. The zero-order chi connectivity index (χ0) is 14.7. The molecule has 0 N–H and O–H groups in total. The molecule has 0 heterocycles. The number of rotatable bonds is 3. The zero-order valence-electron chi connectivity index (χ0n) is 11.3. The van der Waals surface area contributed by atoms with Gasteiger partial charge in [0.15, 0.2) is 5.78 Å². The number of ketones is 1. The maximum Gasteiger partial charge on any atom is 0.193 e. The van der Waals surface area contributed by atoms with Crippen molar-refractivity contribution in [1.82, 2.24) is 0 Å². The molecule has 0 radical (unpaired) electrons. The third-order valence-corrected chi connectivity index (χ3v) is 3.84. The Bertz CT molecular complexity index is 764. The highest BCUT2D eigenvalue weighted by atomic mass is 79.9. The van der Waals surface area contributed by atoms with E-state index in [1.165, 1.54) is 0 Å². The van der Waals surface area contributed by atoms with E-state index in [2.05, 4.69) is 15.9 Å². The van der Waals surface area contributed by atoms with Gasteiger partial charge >= 0.3 is 0 Å². The first kappa shape index (κ1) is 13.8. The molecular formula is C19H13BrO. The molecule has 0 aromatic heterocycles. The standard InChI is InChI=1S/C19H13BrO/c20-16-11-12-17(19(21)15-9-5-2-6-10-15)18(13-16)14-7-3-1-4-8-14/h1-13H. The maximum absolute atomic E-state index is 12.7. The van der Waals surface area contributed by atoms with Crippen LogP contribution in [-0.2, 0) is 0 Å². The highest BCUT2D eigenvalue weighted by Crippen LogP contribution is 2.28. The van der Waals surface area contributed by atoms with Crippen molar-refractivity contribution in [2.75, 3.05) is 0 Å². The molecule has 2 heteroatoms. The average molecular weight is 337 g/mol. The van der Waals surface area contributed by atoms with E-state index in [4.69, 9.17) is 0 Å². The fraction of sp³-hybridized carbons (Fsp3) is 0. The van der Waals surface area contributed by atoms with Crippen LogP contribution in [0, 0.1) is 0 Å². The van der Waals surface area contributed by atoms with Crippen LogP contribution in [0.3, 0.4) is 0 Å². The first-order valence-corrected chi connectivity index (χ1v) is 7.50. The third-order valence-electron chi connectivity index (χ3n) is 3.35. The lowest BCUT2D eigenvalue weighted by atomic mass is 9.94. The van der Waals surface area contributed by atoms with Crippen LogP contribution in [0.5, 0.6) is 0 Å². The van der Waals surface area contributed by atoms with E-state index in [1.54, 1.807) is 0 Å². The van der Waals surface area contributed by atoms with Crippen LogP contribution in [0.2, 0.25) is 0 Å². The topological polar surface area (TPSA) is 17.1 Å². The molecule has 0 aliphatic rings. The van der Waals surface area contributed by atoms with Gasteiger partial charge in [0.1, 0.15) is 0 Å². The number of hydrogen-bond acceptors (Lipinski definition) is 1. The SMILES string of the molecule is O=C(c1ccccc1)c1ccc(Br)cc1-c1ccccc1. The molecule has 0 fully saturated rings.